The van der Waals surface area contributed by atoms with Gasteiger partial charge in [0, 0.05) is 19.2 Å². The number of imidazole rings is 1. The zero-order chi connectivity index (χ0) is 20.9. The van der Waals surface area contributed by atoms with Gasteiger partial charge in [0.25, 0.3) is 11.8 Å². The van der Waals surface area contributed by atoms with Crippen molar-refractivity contribution in [3.8, 4) is 17.8 Å². The Bertz CT molecular complexity index is 1150. The zero-order valence-corrected chi connectivity index (χ0v) is 17.0. The minimum absolute atomic E-state index is 0.304. The molecule has 154 valence electrons. The first-order valence-corrected chi connectivity index (χ1v) is 9.35. The van der Waals surface area contributed by atoms with Gasteiger partial charge < -0.3 is 19.5 Å². The molecular formula is C21H22N6O3. The molecule has 0 bridgehead atoms. The molecule has 0 aliphatic rings. The molecule has 0 unspecified atom stereocenters. The van der Waals surface area contributed by atoms with Gasteiger partial charge in [0.05, 0.1) is 31.9 Å². The third-order valence-corrected chi connectivity index (χ3v) is 4.56. The maximum atomic E-state index is 5.50. The predicted molar refractivity (Wildman–Crippen MR) is 112 cm³/mol. The molecule has 4 aromatic rings. The molecule has 2 aromatic heterocycles. The molecule has 0 amide bonds. The molecule has 4 rings (SSSR count). The van der Waals surface area contributed by atoms with Crippen molar-refractivity contribution in [3.63, 3.8) is 0 Å². The summed E-state index contributed by atoms with van der Waals surface area (Å²) >= 11 is 0. The summed E-state index contributed by atoms with van der Waals surface area (Å²) in [6.07, 6.45) is 0. The Morgan fingerprint density at radius 3 is 2.47 bits per heavy atom. The lowest BCUT2D eigenvalue weighted by Crippen LogP contribution is -2.11. The molecule has 0 aliphatic carbocycles. The van der Waals surface area contributed by atoms with Crippen LogP contribution in [-0.4, -0.2) is 46.1 Å². The Hall–Kier alpha value is -3.72. The van der Waals surface area contributed by atoms with Gasteiger partial charge in [0.15, 0.2) is 5.82 Å². The number of fused-ring (bicyclic) bond motifs is 1. The maximum absolute atomic E-state index is 5.50. The number of ether oxygens (including phenoxy) is 3. The van der Waals surface area contributed by atoms with Gasteiger partial charge in [-0.3, -0.25) is 0 Å². The summed E-state index contributed by atoms with van der Waals surface area (Å²) in [6, 6.07) is 16.2. The van der Waals surface area contributed by atoms with Gasteiger partial charge in [-0.1, -0.05) is 42.5 Å². The number of aromatic nitrogens is 5. The van der Waals surface area contributed by atoms with E-state index >= 15 is 0 Å². The zero-order valence-electron chi connectivity index (χ0n) is 17.0. The van der Waals surface area contributed by atoms with Crippen molar-refractivity contribution in [2.75, 3.05) is 26.6 Å². The number of methoxy groups -OCH3 is 3. The first-order chi connectivity index (χ1) is 14.7. The van der Waals surface area contributed by atoms with Gasteiger partial charge in [-0.15, -0.1) is 10.2 Å². The van der Waals surface area contributed by atoms with Crippen LogP contribution in [0.1, 0.15) is 11.1 Å². The van der Waals surface area contributed by atoms with Gasteiger partial charge in [0.1, 0.15) is 0 Å². The number of hydrogen-bond donors (Lipinski definition) is 1. The molecule has 9 nitrogen and oxygen atoms in total. The standard InChI is InChI=1S/C21H22N6O3/c1-28-13-15-10-7-11-16-17(15)23-21(30-3)27(16)20-24-18(19(29-2)25-26-20)22-12-14-8-5-4-6-9-14/h4-11H,12-13H2,1-3H3,(H,22,24,26). The third-order valence-electron chi connectivity index (χ3n) is 4.56. The minimum Gasteiger partial charge on any atom is -0.477 e. The summed E-state index contributed by atoms with van der Waals surface area (Å²) in [5, 5.41) is 11.7. The molecular weight excluding hydrogens is 384 g/mol. The molecule has 0 atom stereocenters. The van der Waals surface area contributed by atoms with Crippen molar-refractivity contribution in [3.05, 3.63) is 59.7 Å². The molecule has 0 saturated carbocycles. The van der Waals surface area contributed by atoms with Crippen LogP contribution in [0, 0.1) is 0 Å². The van der Waals surface area contributed by atoms with Crippen LogP contribution in [0.5, 0.6) is 11.9 Å². The second-order valence-corrected chi connectivity index (χ2v) is 6.46. The Morgan fingerprint density at radius 2 is 1.73 bits per heavy atom. The summed E-state index contributed by atoms with van der Waals surface area (Å²) in [5.74, 6) is 1.10. The first kappa shape index (κ1) is 19.6. The van der Waals surface area contributed by atoms with E-state index in [-0.39, 0.29) is 0 Å². The van der Waals surface area contributed by atoms with Crippen molar-refractivity contribution in [1.82, 2.24) is 24.7 Å². The van der Waals surface area contributed by atoms with Crippen LogP contribution >= 0.6 is 0 Å². The summed E-state index contributed by atoms with van der Waals surface area (Å²) < 4.78 is 17.8. The predicted octanol–water partition coefficient (Wildman–Crippen LogP) is 2.99. The lowest BCUT2D eigenvalue weighted by atomic mass is 10.2. The highest BCUT2D eigenvalue weighted by Crippen LogP contribution is 2.28. The molecule has 0 saturated heterocycles. The lowest BCUT2D eigenvalue weighted by molar-refractivity contribution is 0.186. The van der Waals surface area contributed by atoms with Crippen molar-refractivity contribution in [2.45, 2.75) is 13.2 Å². The number of nitrogens with one attached hydrogen (secondary N) is 1. The average Bonchev–Trinajstić information content (AvgIpc) is 3.18. The van der Waals surface area contributed by atoms with Crippen LogP contribution in [0.15, 0.2) is 48.5 Å². The summed E-state index contributed by atoms with van der Waals surface area (Å²) in [4.78, 5) is 9.23. The highest BCUT2D eigenvalue weighted by Gasteiger charge is 2.20. The Balaban J connectivity index is 1.77. The Morgan fingerprint density at radius 1 is 0.900 bits per heavy atom. The van der Waals surface area contributed by atoms with Crippen LogP contribution in [0.25, 0.3) is 17.0 Å². The largest absolute Gasteiger partial charge is 0.477 e. The first-order valence-electron chi connectivity index (χ1n) is 9.35. The number of nitrogens with zero attached hydrogens (tertiary/aromatic N) is 5. The Labute approximate surface area is 173 Å². The van der Waals surface area contributed by atoms with Crippen LogP contribution in [0.4, 0.5) is 5.82 Å². The van der Waals surface area contributed by atoms with Crippen molar-refractivity contribution >= 4 is 16.9 Å². The molecule has 0 radical (unpaired) electrons. The van der Waals surface area contributed by atoms with E-state index in [4.69, 9.17) is 14.2 Å². The third kappa shape index (κ3) is 3.74. The summed E-state index contributed by atoms with van der Waals surface area (Å²) in [5.41, 5.74) is 3.60. The second-order valence-electron chi connectivity index (χ2n) is 6.46. The average molecular weight is 406 g/mol. The van der Waals surface area contributed by atoms with Crippen molar-refractivity contribution in [2.24, 2.45) is 0 Å². The minimum atomic E-state index is 0.304. The quantitative estimate of drug-likeness (QED) is 0.477. The maximum Gasteiger partial charge on any atom is 0.304 e. The highest BCUT2D eigenvalue weighted by atomic mass is 16.5. The lowest BCUT2D eigenvalue weighted by Gasteiger charge is -2.11. The van der Waals surface area contributed by atoms with E-state index in [1.54, 1.807) is 18.8 Å². The second kappa shape index (κ2) is 8.75. The van der Waals surface area contributed by atoms with Gasteiger partial charge in [-0.2, -0.15) is 9.97 Å². The number of rotatable bonds is 8. The van der Waals surface area contributed by atoms with E-state index in [1.807, 2.05) is 48.5 Å². The molecule has 30 heavy (non-hydrogen) atoms. The number of benzene rings is 2. The van der Waals surface area contributed by atoms with Gasteiger partial charge in [-0.05, 0) is 11.6 Å². The summed E-state index contributed by atoms with van der Waals surface area (Å²) in [6.45, 7) is 0.998. The van der Waals surface area contributed by atoms with E-state index < -0.39 is 0 Å². The van der Waals surface area contributed by atoms with Crippen LogP contribution in [-0.2, 0) is 17.9 Å². The SMILES string of the molecule is COCc1cccc2c1nc(OC)n2-c1nnc(OC)c(NCc2ccccc2)n1. The molecule has 0 fully saturated rings. The van der Waals surface area contributed by atoms with Crippen LogP contribution in [0.2, 0.25) is 0 Å². The van der Waals surface area contributed by atoms with E-state index in [1.165, 1.54) is 7.11 Å². The molecule has 0 aliphatic heterocycles. The summed E-state index contributed by atoms with van der Waals surface area (Å²) in [7, 11) is 4.73. The molecule has 2 aromatic carbocycles. The van der Waals surface area contributed by atoms with E-state index in [0.717, 1.165) is 22.2 Å². The fourth-order valence-corrected chi connectivity index (χ4v) is 3.17. The van der Waals surface area contributed by atoms with E-state index in [9.17, 15) is 0 Å². The monoisotopic (exact) mass is 406 g/mol. The van der Waals surface area contributed by atoms with E-state index in [2.05, 4.69) is 25.5 Å². The van der Waals surface area contributed by atoms with Crippen molar-refractivity contribution in [1.29, 1.82) is 0 Å². The molecule has 1 N–H and O–H groups in total. The molecule has 0 spiro atoms. The highest BCUT2D eigenvalue weighted by molar-refractivity contribution is 5.81. The Kier molecular flexibility index (Phi) is 5.71. The van der Waals surface area contributed by atoms with Gasteiger partial charge >= 0.3 is 6.01 Å². The van der Waals surface area contributed by atoms with Crippen molar-refractivity contribution < 1.29 is 14.2 Å². The molecule has 2 heterocycles. The fraction of sp³-hybridized carbons (Fsp3) is 0.238. The van der Waals surface area contributed by atoms with E-state index in [0.29, 0.717) is 36.8 Å². The number of anilines is 1. The van der Waals surface area contributed by atoms with Gasteiger partial charge in [0.2, 0.25) is 0 Å². The smallest absolute Gasteiger partial charge is 0.304 e. The van der Waals surface area contributed by atoms with Crippen LogP contribution in [0.3, 0.4) is 0 Å². The molecule has 9 heteroatoms. The van der Waals surface area contributed by atoms with Crippen LogP contribution < -0.4 is 14.8 Å². The number of hydrogen-bond acceptors (Lipinski definition) is 8. The fourth-order valence-electron chi connectivity index (χ4n) is 3.17. The van der Waals surface area contributed by atoms with Gasteiger partial charge in [-0.25, -0.2) is 4.57 Å². The normalized spacial score (nSPS) is 10.9. The topological polar surface area (TPSA) is 96.2 Å². The number of para-hydroxylation sites is 1.